The average molecular weight is 381 g/mol. The van der Waals surface area contributed by atoms with Crippen molar-refractivity contribution in [2.24, 2.45) is 0 Å². The number of fused-ring (bicyclic) bond motifs is 1. The van der Waals surface area contributed by atoms with Crippen molar-refractivity contribution in [2.45, 2.75) is 13.0 Å². The smallest absolute Gasteiger partial charge is 0.267 e. The Hall–Kier alpha value is -3.12. The second-order valence-electron chi connectivity index (χ2n) is 6.31. The summed E-state index contributed by atoms with van der Waals surface area (Å²) in [5, 5.41) is 0.678. The molecule has 0 saturated carbocycles. The van der Waals surface area contributed by atoms with Crippen LogP contribution in [0.15, 0.2) is 54.9 Å². The van der Waals surface area contributed by atoms with Gasteiger partial charge in [0.2, 0.25) is 5.88 Å². The molecule has 7 heteroatoms. The maximum atomic E-state index is 13.1. The number of aromatic nitrogens is 2. The molecule has 0 aliphatic carbocycles. The number of nitrogens with two attached hydrogens (primary N) is 1. The molecule has 1 atom stereocenters. The summed E-state index contributed by atoms with van der Waals surface area (Å²) in [6.07, 6.45) is 1.05. The van der Waals surface area contributed by atoms with E-state index in [2.05, 4.69) is 9.97 Å². The number of nitrogens with zero attached hydrogens (tertiary/aromatic N) is 3. The lowest BCUT2D eigenvalue weighted by Gasteiger charge is -2.22. The summed E-state index contributed by atoms with van der Waals surface area (Å²) in [6, 6.07) is 15.3. The fourth-order valence-electron chi connectivity index (χ4n) is 3.11. The number of carbonyl (C=O) groups is 1. The average Bonchev–Trinajstić information content (AvgIpc) is 2.79. The first-order chi connectivity index (χ1) is 13.0. The molecule has 4 rings (SSSR count). The van der Waals surface area contributed by atoms with E-state index in [4.69, 9.17) is 22.1 Å². The minimum atomic E-state index is -0.280. The van der Waals surface area contributed by atoms with Gasteiger partial charge in [-0.2, -0.15) is 0 Å². The van der Waals surface area contributed by atoms with Crippen molar-refractivity contribution in [3.05, 3.63) is 65.4 Å². The summed E-state index contributed by atoms with van der Waals surface area (Å²) in [7, 11) is 0. The first-order valence-electron chi connectivity index (χ1n) is 8.48. The molecule has 0 unspecified atom stereocenters. The second-order valence-corrected chi connectivity index (χ2v) is 6.72. The Morgan fingerprint density at radius 2 is 1.89 bits per heavy atom. The molecule has 0 bridgehead atoms. The van der Waals surface area contributed by atoms with Gasteiger partial charge in [-0.05, 0) is 30.7 Å². The van der Waals surface area contributed by atoms with Crippen LogP contribution in [0.25, 0.3) is 11.1 Å². The predicted octanol–water partition coefficient (Wildman–Crippen LogP) is 3.81. The van der Waals surface area contributed by atoms with E-state index in [0.29, 0.717) is 11.6 Å². The Bertz CT molecular complexity index is 1010. The van der Waals surface area contributed by atoms with Gasteiger partial charge in [0.15, 0.2) is 0 Å². The number of ether oxygens (including phenoxy) is 1. The van der Waals surface area contributed by atoms with Crippen molar-refractivity contribution in [1.29, 1.82) is 0 Å². The summed E-state index contributed by atoms with van der Waals surface area (Å²) >= 11 is 6.28. The fourth-order valence-corrected chi connectivity index (χ4v) is 3.36. The highest BCUT2D eigenvalue weighted by Crippen LogP contribution is 2.32. The monoisotopic (exact) mass is 380 g/mol. The second kappa shape index (κ2) is 6.89. The van der Waals surface area contributed by atoms with E-state index in [1.807, 2.05) is 55.5 Å². The van der Waals surface area contributed by atoms with E-state index < -0.39 is 0 Å². The number of rotatable bonds is 2. The van der Waals surface area contributed by atoms with Gasteiger partial charge >= 0.3 is 0 Å². The quantitative estimate of drug-likeness (QED) is 0.731. The van der Waals surface area contributed by atoms with Crippen LogP contribution in [-0.2, 0) is 0 Å². The number of hydrogen-bond donors (Lipinski definition) is 1. The molecule has 0 spiro atoms. The van der Waals surface area contributed by atoms with Crippen LogP contribution in [0.2, 0.25) is 5.02 Å². The van der Waals surface area contributed by atoms with Crippen LogP contribution in [0, 0.1) is 0 Å². The van der Waals surface area contributed by atoms with Gasteiger partial charge in [0.05, 0.1) is 6.54 Å². The van der Waals surface area contributed by atoms with Gasteiger partial charge in [0.1, 0.15) is 23.8 Å². The normalized spacial score (nSPS) is 16.4. The Kier molecular flexibility index (Phi) is 4.41. The lowest BCUT2D eigenvalue weighted by atomic mass is 10.0. The Balaban J connectivity index is 1.71. The molecular formula is C20H17ClN4O2. The van der Waals surface area contributed by atoms with E-state index in [9.17, 15) is 4.79 Å². The third-order valence-electron chi connectivity index (χ3n) is 4.42. The van der Waals surface area contributed by atoms with Crippen LogP contribution in [0.3, 0.4) is 0 Å². The zero-order valence-electron chi connectivity index (χ0n) is 14.6. The van der Waals surface area contributed by atoms with Crippen molar-refractivity contribution < 1.29 is 9.53 Å². The van der Waals surface area contributed by atoms with Gasteiger partial charge in [-0.1, -0.05) is 41.9 Å². The van der Waals surface area contributed by atoms with E-state index in [1.54, 1.807) is 4.90 Å². The van der Waals surface area contributed by atoms with Gasteiger partial charge in [0.25, 0.3) is 5.91 Å². The molecule has 6 nitrogen and oxygen atoms in total. The third-order valence-corrected chi connectivity index (χ3v) is 4.75. The topological polar surface area (TPSA) is 81.3 Å². The van der Waals surface area contributed by atoms with Crippen LogP contribution in [0.1, 0.15) is 17.3 Å². The van der Waals surface area contributed by atoms with Crippen molar-refractivity contribution in [2.75, 3.05) is 17.2 Å². The van der Waals surface area contributed by atoms with Gasteiger partial charge in [0, 0.05) is 16.3 Å². The van der Waals surface area contributed by atoms with Crippen LogP contribution < -0.4 is 15.4 Å². The molecular weight excluding hydrogens is 364 g/mol. The zero-order valence-corrected chi connectivity index (χ0v) is 15.3. The van der Waals surface area contributed by atoms with Crippen molar-refractivity contribution in [1.82, 2.24) is 9.97 Å². The summed E-state index contributed by atoms with van der Waals surface area (Å²) in [6.45, 7) is 2.26. The predicted molar refractivity (Wildman–Crippen MR) is 105 cm³/mol. The van der Waals surface area contributed by atoms with Crippen molar-refractivity contribution in [3.63, 3.8) is 0 Å². The van der Waals surface area contributed by atoms with Gasteiger partial charge in [-0.3, -0.25) is 4.79 Å². The molecule has 27 heavy (non-hydrogen) atoms. The van der Waals surface area contributed by atoms with Crippen LogP contribution in [0.4, 0.5) is 11.5 Å². The first-order valence-corrected chi connectivity index (χ1v) is 8.86. The SMILES string of the molecule is C[C@@H]1CN(c2ccc(-c3ccccc3Cl)cc2)C(=O)c2c(N)ncnc2O1. The number of amides is 1. The van der Waals surface area contributed by atoms with E-state index in [1.165, 1.54) is 6.33 Å². The molecule has 2 aromatic carbocycles. The Morgan fingerprint density at radius 3 is 2.63 bits per heavy atom. The molecule has 2 heterocycles. The Labute approximate surface area is 161 Å². The van der Waals surface area contributed by atoms with Crippen molar-refractivity contribution in [3.8, 4) is 17.0 Å². The van der Waals surface area contributed by atoms with Crippen LogP contribution in [0.5, 0.6) is 5.88 Å². The number of carbonyl (C=O) groups excluding carboxylic acids is 1. The number of nitrogen functional groups attached to an aromatic ring is 1. The van der Waals surface area contributed by atoms with E-state index in [0.717, 1.165) is 16.8 Å². The molecule has 1 amide bonds. The molecule has 2 N–H and O–H groups in total. The summed E-state index contributed by atoms with van der Waals surface area (Å²) < 4.78 is 5.76. The van der Waals surface area contributed by atoms with Gasteiger partial charge in [-0.25, -0.2) is 9.97 Å². The lowest BCUT2D eigenvalue weighted by molar-refractivity contribution is 0.0988. The molecule has 0 fully saturated rings. The van der Waals surface area contributed by atoms with E-state index >= 15 is 0 Å². The molecule has 3 aromatic rings. The minimum absolute atomic E-state index is 0.108. The van der Waals surface area contributed by atoms with E-state index in [-0.39, 0.29) is 29.3 Å². The summed E-state index contributed by atoms with van der Waals surface area (Å²) in [5.41, 5.74) is 8.75. The zero-order chi connectivity index (χ0) is 19.0. The molecule has 1 aliphatic rings. The number of benzene rings is 2. The largest absolute Gasteiger partial charge is 0.472 e. The number of anilines is 2. The first kappa shape index (κ1) is 17.3. The highest BCUT2D eigenvalue weighted by molar-refractivity contribution is 6.33. The van der Waals surface area contributed by atoms with Crippen LogP contribution >= 0.6 is 11.6 Å². The molecule has 1 aliphatic heterocycles. The highest BCUT2D eigenvalue weighted by Gasteiger charge is 2.31. The van der Waals surface area contributed by atoms with Gasteiger partial charge < -0.3 is 15.4 Å². The van der Waals surface area contributed by atoms with Gasteiger partial charge in [-0.15, -0.1) is 0 Å². The maximum Gasteiger partial charge on any atom is 0.267 e. The summed E-state index contributed by atoms with van der Waals surface area (Å²) in [4.78, 5) is 22.7. The summed E-state index contributed by atoms with van der Waals surface area (Å²) in [5.74, 6) is 0.0462. The number of halogens is 1. The number of hydrogen-bond acceptors (Lipinski definition) is 5. The molecule has 0 saturated heterocycles. The standard InChI is InChI=1S/C20H17ClN4O2/c1-12-10-25(20(26)17-18(22)23-11-24-19(17)27-12)14-8-6-13(7-9-14)15-4-2-3-5-16(15)21/h2-9,11-12H,10H2,1H3,(H2,22,23,24)/t12-/m1/s1. The highest BCUT2D eigenvalue weighted by atomic mass is 35.5. The maximum absolute atomic E-state index is 13.1. The Morgan fingerprint density at radius 1 is 1.15 bits per heavy atom. The minimum Gasteiger partial charge on any atom is -0.472 e. The van der Waals surface area contributed by atoms with Crippen LogP contribution in [-0.4, -0.2) is 28.5 Å². The van der Waals surface area contributed by atoms with Crippen molar-refractivity contribution >= 4 is 29.0 Å². The fraction of sp³-hybridized carbons (Fsp3) is 0.150. The molecule has 1 aromatic heterocycles. The lowest BCUT2D eigenvalue weighted by Crippen LogP contribution is -2.36. The molecule has 0 radical (unpaired) electrons. The molecule has 136 valence electrons. The third kappa shape index (κ3) is 3.19.